The van der Waals surface area contributed by atoms with Gasteiger partial charge in [-0.2, -0.15) is 0 Å². The zero-order chi connectivity index (χ0) is 22.9. The van der Waals surface area contributed by atoms with Crippen molar-refractivity contribution in [2.45, 2.75) is 29.7 Å². The zero-order valence-corrected chi connectivity index (χ0v) is 18.8. The SMILES string of the molecule is COc1cc([C@H]2c3ccccc3CC[C@@H]2NS(=O)(=O)c2ccc([N+](=O)[O-])cc2)ccc1Cl. The van der Waals surface area contributed by atoms with Crippen molar-refractivity contribution >= 4 is 27.3 Å². The van der Waals surface area contributed by atoms with Crippen LogP contribution in [0.25, 0.3) is 0 Å². The molecule has 2 atom stereocenters. The van der Waals surface area contributed by atoms with Gasteiger partial charge in [0.2, 0.25) is 10.0 Å². The maximum absolute atomic E-state index is 13.1. The molecule has 0 amide bonds. The topological polar surface area (TPSA) is 98.5 Å². The van der Waals surface area contributed by atoms with Crippen molar-refractivity contribution in [3.63, 3.8) is 0 Å². The molecule has 3 aromatic rings. The number of aryl methyl sites for hydroxylation is 1. The largest absolute Gasteiger partial charge is 0.495 e. The monoisotopic (exact) mass is 472 g/mol. The fraction of sp³-hybridized carbons (Fsp3) is 0.217. The summed E-state index contributed by atoms with van der Waals surface area (Å²) in [4.78, 5) is 10.3. The van der Waals surface area contributed by atoms with Gasteiger partial charge in [0.25, 0.3) is 5.69 Å². The van der Waals surface area contributed by atoms with Crippen LogP contribution >= 0.6 is 11.6 Å². The molecule has 0 radical (unpaired) electrons. The third kappa shape index (κ3) is 4.34. The number of nitrogens with zero attached hydrogens (tertiary/aromatic N) is 1. The summed E-state index contributed by atoms with van der Waals surface area (Å²) in [5, 5.41) is 11.4. The predicted octanol–water partition coefficient (Wildman–Crippen LogP) is 4.68. The lowest BCUT2D eigenvalue weighted by Gasteiger charge is -2.34. The number of ether oxygens (including phenoxy) is 1. The van der Waals surface area contributed by atoms with Crippen LogP contribution in [0.3, 0.4) is 0 Å². The highest BCUT2D eigenvalue weighted by Crippen LogP contribution is 2.40. The van der Waals surface area contributed by atoms with E-state index in [4.69, 9.17) is 16.3 Å². The number of methoxy groups -OCH3 is 1. The Morgan fingerprint density at radius 1 is 1.09 bits per heavy atom. The van der Waals surface area contributed by atoms with Crippen molar-refractivity contribution in [3.8, 4) is 5.75 Å². The molecule has 0 aromatic heterocycles. The number of hydrogen-bond donors (Lipinski definition) is 1. The second-order valence-corrected chi connectivity index (χ2v) is 9.71. The Kier molecular flexibility index (Phi) is 6.19. The average Bonchev–Trinajstić information content (AvgIpc) is 2.79. The number of nitro groups is 1. The second-order valence-electron chi connectivity index (χ2n) is 7.59. The maximum Gasteiger partial charge on any atom is 0.269 e. The smallest absolute Gasteiger partial charge is 0.269 e. The summed E-state index contributed by atoms with van der Waals surface area (Å²) in [6.07, 6.45) is 1.32. The summed E-state index contributed by atoms with van der Waals surface area (Å²) < 4.78 is 34.4. The van der Waals surface area contributed by atoms with Crippen molar-refractivity contribution < 1.29 is 18.1 Å². The molecule has 0 fully saturated rings. The number of rotatable bonds is 6. The van der Waals surface area contributed by atoms with Crippen molar-refractivity contribution in [1.82, 2.24) is 4.72 Å². The lowest BCUT2D eigenvalue weighted by Crippen LogP contribution is -2.42. The fourth-order valence-electron chi connectivity index (χ4n) is 4.18. The number of hydrogen-bond acceptors (Lipinski definition) is 5. The van der Waals surface area contributed by atoms with E-state index in [0.29, 0.717) is 17.2 Å². The molecule has 0 bridgehead atoms. The van der Waals surface area contributed by atoms with Gasteiger partial charge in [-0.3, -0.25) is 10.1 Å². The summed E-state index contributed by atoms with van der Waals surface area (Å²) in [5.41, 5.74) is 2.92. The Labute approximate surface area is 191 Å². The number of nitro benzene ring substituents is 1. The van der Waals surface area contributed by atoms with Gasteiger partial charge in [0.1, 0.15) is 5.75 Å². The van der Waals surface area contributed by atoms with E-state index in [-0.39, 0.29) is 16.5 Å². The van der Waals surface area contributed by atoms with Crippen molar-refractivity contribution in [2.75, 3.05) is 7.11 Å². The van der Waals surface area contributed by atoms with Crippen LogP contribution in [0.5, 0.6) is 5.75 Å². The van der Waals surface area contributed by atoms with Crippen molar-refractivity contribution in [3.05, 3.63) is 98.6 Å². The van der Waals surface area contributed by atoms with Gasteiger partial charge in [-0.05, 0) is 53.8 Å². The normalized spacial score (nSPS) is 18.1. The lowest BCUT2D eigenvalue weighted by atomic mass is 9.76. The van der Waals surface area contributed by atoms with Crippen LogP contribution in [0.1, 0.15) is 29.0 Å². The molecule has 0 spiro atoms. The van der Waals surface area contributed by atoms with E-state index < -0.39 is 21.0 Å². The first-order chi connectivity index (χ1) is 15.3. The second kappa shape index (κ2) is 8.90. The Morgan fingerprint density at radius 3 is 2.50 bits per heavy atom. The van der Waals surface area contributed by atoms with Gasteiger partial charge >= 0.3 is 0 Å². The molecule has 7 nitrogen and oxygen atoms in total. The highest BCUT2D eigenvalue weighted by Gasteiger charge is 2.34. The standard InChI is InChI=1S/C23H21ClN2O5S/c1-31-22-14-16(6-12-20(22)24)23-19-5-3-2-4-15(19)7-13-21(23)25-32(29,30)18-10-8-17(9-11-18)26(27)28/h2-6,8-12,14,21,23,25H,7,13H2,1H3/t21-,23-/m0/s1. The van der Waals surface area contributed by atoms with E-state index in [2.05, 4.69) is 10.8 Å². The first-order valence-corrected chi connectivity index (χ1v) is 11.8. The highest BCUT2D eigenvalue weighted by atomic mass is 35.5. The minimum absolute atomic E-state index is 0.0191. The molecule has 9 heteroatoms. The number of benzene rings is 3. The third-order valence-electron chi connectivity index (χ3n) is 5.72. The molecule has 1 aliphatic carbocycles. The molecule has 3 aromatic carbocycles. The molecule has 0 saturated carbocycles. The van der Waals surface area contributed by atoms with Gasteiger partial charge < -0.3 is 4.74 Å². The molecule has 1 aliphatic rings. The van der Waals surface area contributed by atoms with Crippen LogP contribution in [0.15, 0.2) is 71.6 Å². The first-order valence-electron chi connectivity index (χ1n) is 9.98. The highest BCUT2D eigenvalue weighted by molar-refractivity contribution is 7.89. The third-order valence-corrected chi connectivity index (χ3v) is 7.53. The van der Waals surface area contributed by atoms with Gasteiger partial charge in [-0.1, -0.05) is 41.9 Å². The van der Waals surface area contributed by atoms with Gasteiger partial charge in [0.15, 0.2) is 0 Å². The number of fused-ring (bicyclic) bond motifs is 1. The van der Waals surface area contributed by atoms with Gasteiger partial charge in [0.05, 0.1) is 22.0 Å². The molecule has 0 saturated heterocycles. The summed E-state index contributed by atoms with van der Waals surface area (Å²) in [5.74, 6) is 0.267. The molecule has 32 heavy (non-hydrogen) atoms. The van der Waals surface area contributed by atoms with E-state index in [1.165, 1.54) is 31.4 Å². The molecule has 166 valence electrons. The van der Waals surface area contributed by atoms with Gasteiger partial charge in [-0.15, -0.1) is 0 Å². The van der Waals surface area contributed by atoms with Crippen molar-refractivity contribution in [2.24, 2.45) is 0 Å². The molecule has 1 N–H and O–H groups in total. The molecule has 0 unspecified atom stereocenters. The quantitative estimate of drug-likeness (QED) is 0.414. The van der Waals surface area contributed by atoms with Crippen LogP contribution in [0, 0.1) is 10.1 Å². The van der Waals surface area contributed by atoms with Crippen LogP contribution in [-0.2, 0) is 16.4 Å². The van der Waals surface area contributed by atoms with E-state index in [9.17, 15) is 18.5 Å². The van der Waals surface area contributed by atoms with Crippen molar-refractivity contribution in [1.29, 1.82) is 0 Å². The minimum atomic E-state index is -3.90. The first kappa shape index (κ1) is 22.3. The maximum atomic E-state index is 13.1. The Bertz CT molecular complexity index is 1260. The van der Waals surface area contributed by atoms with Gasteiger partial charge in [0, 0.05) is 24.1 Å². The van der Waals surface area contributed by atoms with E-state index in [0.717, 1.165) is 23.1 Å². The summed E-state index contributed by atoms with van der Waals surface area (Å²) in [6, 6.07) is 17.9. The minimum Gasteiger partial charge on any atom is -0.495 e. The Morgan fingerprint density at radius 2 is 1.81 bits per heavy atom. The number of nitrogens with one attached hydrogen (secondary N) is 1. The zero-order valence-electron chi connectivity index (χ0n) is 17.2. The average molecular weight is 473 g/mol. The van der Waals surface area contributed by atoms with Gasteiger partial charge in [-0.25, -0.2) is 13.1 Å². The number of sulfonamides is 1. The van der Waals surface area contributed by atoms with Crippen LogP contribution < -0.4 is 9.46 Å². The summed E-state index contributed by atoms with van der Waals surface area (Å²) in [6.45, 7) is 0. The predicted molar refractivity (Wildman–Crippen MR) is 122 cm³/mol. The summed E-state index contributed by atoms with van der Waals surface area (Å²) in [7, 11) is -2.36. The van der Waals surface area contributed by atoms with Crippen LogP contribution in [0.2, 0.25) is 5.02 Å². The Balaban J connectivity index is 1.72. The fourth-order valence-corrected chi connectivity index (χ4v) is 5.66. The number of non-ortho nitro benzene ring substituents is 1. The van der Waals surface area contributed by atoms with E-state index in [1.54, 1.807) is 6.07 Å². The van der Waals surface area contributed by atoms with E-state index >= 15 is 0 Å². The Hall–Kier alpha value is -2.94. The molecule has 0 aliphatic heterocycles. The molecule has 0 heterocycles. The molecular formula is C23H21ClN2O5S. The lowest BCUT2D eigenvalue weighted by molar-refractivity contribution is -0.384. The van der Waals surface area contributed by atoms with Crippen LogP contribution in [-0.4, -0.2) is 26.5 Å². The van der Waals surface area contributed by atoms with Crippen LogP contribution in [0.4, 0.5) is 5.69 Å². The summed E-state index contributed by atoms with van der Waals surface area (Å²) >= 11 is 6.21. The number of halogens is 1. The molecule has 4 rings (SSSR count). The molecular weight excluding hydrogens is 452 g/mol. The van der Waals surface area contributed by atoms with E-state index in [1.807, 2.05) is 30.3 Å².